The Balaban J connectivity index is 2.44. The fourth-order valence-corrected chi connectivity index (χ4v) is 2.29. The van der Waals surface area contributed by atoms with Gasteiger partial charge in [0.05, 0.1) is 19.8 Å². The fourth-order valence-electron chi connectivity index (χ4n) is 1.34. The van der Waals surface area contributed by atoms with Crippen LogP contribution in [-0.4, -0.2) is 26.9 Å². The largest absolute Gasteiger partial charge is 0.382 e. The van der Waals surface area contributed by atoms with E-state index in [1.807, 2.05) is 11.3 Å². The van der Waals surface area contributed by atoms with Crippen molar-refractivity contribution in [2.24, 2.45) is 0 Å². The van der Waals surface area contributed by atoms with E-state index in [-0.39, 0.29) is 5.41 Å². The standard InChI is InChI=1S/C12H20O2S/c1-10-5-6-11(15-10)12(2,3)9-14-8-7-13-4/h5-6H,7-9H2,1-4H3. The third-order valence-corrected chi connectivity index (χ3v) is 3.67. The summed E-state index contributed by atoms with van der Waals surface area (Å²) in [5.74, 6) is 0. The number of rotatable bonds is 6. The van der Waals surface area contributed by atoms with Gasteiger partial charge in [-0.05, 0) is 19.1 Å². The second-order valence-corrected chi connectivity index (χ2v) is 5.63. The van der Waals surface area contributed by atoms with Gasteiger partial charge in [0.25, 0.3) is 0 Å². The van der Waals surface area contributed by atoms with Crippen LogP contribution < -0.4 is 0 Å². The van der Waals surface area contributed by atoms with Gasteiger partial charge in [0.1, 0.15) is 0 Å². The molecule has 15 heavy (non-hydrogen) atoms. The van der Waals surface area contributed by atoms with E-state index >= 15 is 0 Å². The summed E-state index contributed by atoms with van der Waals surface area (Å²) in [6, 6.07) is 4.36. The number of hydrogen-bond acceptors (Lipinski definition) is 3. The molecule has 1 aromatic heterocycles. The predicted octanol–water partition coefficient (Wildman–Crippen LogP) is 3.00. The summed E-state index contributed by atoms with van der Waals surface area (Å²) in [5.41, 5.74) is 0.104. The normalized spacial score (nSPS) is 12.0. The van der Waals surface area contributed by atoms with Crippen molar-refractivity contribution in [1.82, 2.24) is 0 Å². The number of hydrogen-bond donors (Lipinski definition) is 0. The fraction of sp³-hybridized carbons (Fsp3) is 0.667. The Morgan fingerprint density at radius 3 is 2.53 bits per heavy atom. The quantitative estimate of drug-likeness (QED) is 0.697. The Kier molecular flexibility index (Phi) is 4.77. The van der Waals surface area contributed by atoms with Crippen LogP contribution in [0.1, 0.15) is 23.6 Å². The zero-order valence-corrected chi connectivity index (χ0v) is 10.8. The molecule has 0 fully saturated rings. The lowest BCUT2D eigenvalue weighted by molar-refractivity contribution is 0.0491. The second kappa shape index (κ2) is 5.64. The van der Waals surface area contributed by atoms with Crippen LogP contribution in [0.3, 0.4) is 0 Å². The molecule has 2 nitrogen and oxygen atoms in total. The molecule has 0 saturated heterocycles. The summed E-state index contributed by atoms with van der Waals surface area (Å²) >= 11 is 1.85. The summed E-state index contributed by atoms with van der Waals surface area (Å²) in [6.07, 6.45) is 0. The molecule has 86 valence electrons. The predicted molar refractivity (Wildman–Crippen MR) is 64.8 cm³/mol. The average molecular weight is 228 g/mol. The van der Waals surface area contributed by atoms with E-state index in [1.165, 1.54) is 9.75 Å². The van der Waals surface area contributed by atoms with Crippen LogP contribution in [0.2, 0.25) is 0 Å². The molecule has 1 rings (SSSR count). The maximum absolute atomic E-state index is 5.58. The molecule has 0 N–H and O–H groups in total. The maximum Gasteiger partial charge on any atom is 0.0700 e. The Bertz CT molecular complexity index is 292. The van der Waals surface area contributed by atoms with E-state index < -0.39 is 0 Å². The molecule has 0 unspecified atom stereocenters. The molecule has 3 heteroatoms. The van der Waals surface area contributed by atoms with Crippen LogP contribution in [0.15, 0.2) is 12.1 Å². The first kappa shape index (κ1) is 12.7. The lowest BCUT2D eigenvalue weighted by Gasteiger charge is -2.22. The summed E-state index contributed by atoms with van der Waals surface area (Å²) in [7, 11) is 1.69. The van der Waals surface area contributed by atoms with Crippen molar-refractivity contribution in [2.75, 3.05) is 26.9 Å². The highest BCUT2D eigenvalue weighted by Gasteiger charge is 2.22. The molecule has 0 radical (unpaired) electrons. The van der Waals surface area contributed by atoms with Gasteiger partial charge in [0.15, 0.2) is 0 Å². The van der Waals surface area contributed by atoms with Gasteiger partial charge in [-0.3, -0.25) is 0 Å². The third kappa shape index (κ3) is 3.93. The monoisotopic (exact) mass is 228 g/mol. The van der Waals surface area contributed by atoms with Gasteiger partial charge < -0.3 is 9.47 Å². The average Bonchev–Trinajstić information content (AvgIpc) is 2.60. The SMILES string of the molecule is COCCOCC(C)(C)c1ccc(C)s1. The minimum Gasteiger partial charge on any atom is -0.382 e. The van der Waals surface area contributed by atoms with Gasteiger partial charge in [-0.15, -0.1) is 11.3 Å². The van der Waals surface area contributed by atoms with Crippen molar-refractivity contribution >= 4 is 11.3 Å². The molecule has 0 aliphatic rings. The molecule has 0 saturated carbocycles. The molecule has 1 aromatic rings. The molecular formula is C12H20O2S. The van der Waals surface area contributed by atoms with Gasteiger partial charge in [0, 0.05) is 22.3 Å². The maximum atomic E-state index is 5.58. The smallest absolute Gasteiger partial charge is 0.0700 e. The first-order chi connectivity index (χ1) is 7.06. The Morgan fingerprint density at radius 2 is 2.00 bits per heavy atom. The Morgan fingerprint density at radius 1 is 1.27 bits per heavy atom. The second-order valence-electron chi connectivity index (χ2n) is 4.34. The van der Waals surface area contributed by atoms with Crippen LogP contribution in [-0.2, 0) is 14.9 Å². The summed E-state index contributed by atoms with van der Waals surface area (Å²) in [5, 5.41) is 0. The highest BCUT2D eigenvalue weighted by molar-refractivity contribution is 7.12. The number of methoxy groups -OCH3 is 1. The molecule has 1 heterocycles. The molecule has 0 spiro atoms. The molecule has 0 amide bonds. The Hall–Kier alpha value is -0.380. The van der Waals surface area contributed by atoms with E-state index in [0.717, 1.165) is 6.61 Å². The Labute approximate surface area is 96.2 Å². The number of aryl methyl sites for hydroxylation is 1. The zero-order chi connectivity index (χ0) is 11.3. The molecule has 0 atom stereocenters. The van der Waals surface area contributed by atoms with Crippen LogP contribution in [0, 0.1) is 6.92 Å². The van der Waals surface area contributed by atoms with Gasteiger partial charge >= 0.3 is 0 Å². The van der Waals surface area contributed by atoms with Crippen molar-refractivity contribution in [1.29, 1.82) is 0 Å². The van der Waals surface area contributed by atoms with Crippen LogP contribution >= 0.6 is 11.3 Å². The van der Waals surface area contributed by atoms with Crippen molar-refractivity contribution in [3.05, 3.63) is 21.9 Å². The van der Waals surface area contributed by atoms with Crippen LogP contribution in [0.25, 0.3) is 0 Å². The van der Waals surface area contributed by atoms with Gasteiger partial charge in [-0.25, -0.2) is 0 Å². The molecule has 0 aliphatic carbocycles. The van der Waals surface area contributed by atoms with Crippen molar-refractivity contribution in [3.8, 4) is 0 Å². The number of thiophene rings is 1. The minimum absolute atomic E-state index is 0.104. The summed E-state index contributed by atoms with van der Waals surface area (Å²) < 4.78 is 10.5. The lowest BCUT2D eigenvalue weighted by Crippen LogP contribution is -2.24. The van der Waals surface area contributed by atoms with E-state index in [9.17, 15) is 0 Å². The molecule has 0 bridgehead atoms. The molecular weight excluding hydrogens is 208 g/mol. The van der Waals surface area contributed by atoms with Crippen LogP contribution in [0.5, 0.6) is 0 Å². The first-order valence-electron chi connectivity index (χ1n) is 5.20. The van der Waals surface area contributed by atoms with Crippen LogP contribution in [0.4, 0.5) is 0 Å². The highest BCUT2D eigenvalue weighted by atomic mass is 32.1. The van der Waals surface area contributed by atoms with E-state index in [4.69, 9.17) is 9.47 Å². The minimum atomic E-state index is 0.104. The van der Waals surface area contributed by atoms with Gasteiger partial charge in [-0.1, -0.05) is 13.8 Å². The summed E-state index contributed by atoms with van der Waals surface area (Å²) in [4.78, 5) is 2.74. The van der Waals surface area contributed by atoms with Gasteiger partial charge in [-0.2, -0.15) is 0 Å². The summed E-state index contributed by atoms with van der Waals surface area (Å²) in [6.45, 7) is 8.65. The first-order valence-corrected chi connectivity index (χ1v) is 6.01. The lowest BCUT2D eigenvalue weighted by atomic mass is 9.93. The van der Waals surface area contributed by atoms with Crippen molar-refractivity contribution in [2.45, 2.75) is 26.2 Å². The molecule has 0 aromatic carbocycles. The van der Waals surface area contributed by atoms with E-state index in [1.54, 1.807) is 7.11 Å². The zero-order valence-electron chi connectivity index (χ0n) is 10.0. The van der Waals surface area contributed by atoms with Crippen molar-refractivity contribution in [3.63, 3.8) is 0 Å². The topological polar surface area (TPSA) is 18.5 Å². The van der Waals surface area contributed by atoms with E-state index in [2.05, 4.69) is 32.9 Å². The number of ether oxygens (including phenoxy) is 2. The molecule has 0 aliphatic heterocycles. The van der Waals surface area contributed by atoms with Crippen molar-refractivity contribution < 1.29 is 9.47 Å². The third-order valence-electron chi connectivity index (χ3n) is 2.30. The van der Waals surface area contributed by atoms with Gasteiger partial charge in [0.2, 0.25) is 0 Å². The van der Waals surface area contributed by atoms with E-state index in [0.29, 0.717) is 13.2 Å². The highest BCUT2D eigenvalue weighted by Crippen LogP contribution is 2.29.